The number of carbonyl (C=O) groups is 1. The Hall–Kier alpha value is -2.22. The lowest BCUT2D eigenvalue weighted by Gasteiger charge is -2.48. The van der Waals surface area contributed by atoms with Gasteiger partial charge >= 0.3 is 0 Å². The molecule has 6 rings (SSSR count). The van der Waals surface area contributed by atoms with Crippen molar-refractivity contribution in [1.82, 2.24) is 4.90 Å². The number of rotatable bonds is 4. The molecule has 4 aliphatic rings. The average Bonchev–Trinajstić information content (AvgIpc) is 3.36. The first-order valence-electron chi connectivity index (χ1n) is 14.2. The van der Waals surface area contributed by atoms with Gasteiger partial charge in [0.2, 0.25) is 11.8 Å². The van der Waals surface area contributed by atoms with Crippen molar-refractivity contribution in [3.63, 3.8) is 0 Å². The van der Waals surface area contributed by atoms with Gasteiger partial charge in [-0.3, -0.25) is 4.79 Å². The van der Waals surface area contributed by atoms with Crippen molar-refractivity contribution < 1.29 is 40.8 Å². The number of hydrogen-bond donors (Lipinski definition) is 1. The smallest absolute Gasteiger partial charge is 0.248 e. The molecule has 2 aromatic carbocycles. The fourth-order valence-electron chi connectivity index (χ4n) is 7.94. The molecule has 2 saturated heterocycles. The molecule has 5 atom stereocenters. The lowest BCUT2D eigenvalue weighted by Crippen LogP contribution is -3.00. The molecule has 2 aromatic rings. The molecule has 1 saturated carbocycles. The van der Waals surface area contributed by atoms with E-state index in [1.165, 1.54) is 5.56 Å². The van der Waals surface area contributed by atoms with Gasteiger partial charge in [-0.2, -0.15) is 0 Å². The number of hydrogen-bond acceptors (Lipinski definition) is 3. The van der Waals surface area contributed by atoms with E-state index in [1.807, 2.05) is 35.2 Å². The molecule has 1 amide bonds. The third kappa shape index (κ3) is 5.18. The molecule has 2 N–H and O–H groups in total. The number of methoxy groups -OCH3 is 1. The second-order valence-electron chi connectivity index (χ2n) is 11.9. The molecule has 39 heavy (non-hydrogen) atoms. The number of ether oxygens (including phenoxy) is 2. The highest BCUT2D eigenvalue weighted by Crippen LogP contribution is 2.47. The van der Waals surface area contributed by atoms with Crippen LogP contribution < -0.4 is 22.5 Å². The van der Waals surface area contributed by atoms with E-state index < -0.39 is 11.3 Å². The molecular weight excluding hydrogens is 522 g/mol. The molecule has 3 fully saturated rings. The summed E-state index contributed by atoms with van der Waals surface area (Å²) in [5, 5.41) is 2.22. The minimum absolute atomic E-state index is 0. The fourth-order valence-corrected chi connectivity index (χ4v) is 7.94. The first kappa shape index (κ1) is 28.3. The van der Waals surface area contributed by atoms with Gasteiger partial charge in [-0.1, -0.05) is 42.5 Å². The number of piperidine rings is 1. The Balaban J connectivity index is 0.00000308. The van der Waals surface area contributed by atoms with E-state index in [0.717, 1.165) is 42.7 Å². The van der Waals surface area contributed by atoms with E-state index in [-0.39, 0.29) is 55.0 Å². The van der Waals surface area contributed by atoms with Gasteiger partial charge in [0.05, 0.1) is 38.8 Å². The summed E-state index contributed by atoms with van der Waals surface area (Å²) >= 11 is 0. The van der Waals surface area contributed by atoms with E-state index in [4.69, 9.17) is 9.47 Å². The number of amides is 1. The van der Waals surface area contributed by atoms with Crippen LogP contribution in [-0.4, -0.2) is 56.1 Å². The first-order chi connectivity index (χ1) is 18.4. The van der Waals surface area contributed by atoms with E-state index in [0.29, 0.717) is 32.7 Å². The van der Waals surface area contributed by atoms with Gasteiger partial charge in [-0.05, 0) is 54.7 Å². The van der Waals surface area contributed by atoms with Crippen LogP contribution in [0, 0.1) is 11.8 Å². The lowest BCUT2D eigenvalue weighted by molar-refractivity contribution is -0.640. The van der Waals surface area contributed by atoms with Crippen molar-refractivity contribution in [3.8, 4) is 5.75 Å². The molecule has 1 aliphatic carbocycles. The minimum atomic E-state index is -2.65. The highest BCUT2D eigenvalue weighted by Gasteiger charge is 2.56. The number of nitrogens with two attached hydrogens (primary N) is 1. The van der Waals surface area contributed by atoms with Crippen molar-refractivity contribution >= 4 is 5.91 Å². The van der Waals surface area contributed by atoms with Crippen LogP contribution in [0.2, 0.25) is 0 Å². The zero-order valence-corrected chi connectivity index (χ0v) is 23.3. The number of nitrogens with zero attached hydrogens (tertiary/aromatic N) is 1. The number of fused-ring (bicyclic) bond motifs is 2. The maximum Gasteiger partial charge on any atom is 0.248 e. The molecule has 5 nitrogen and oxygen atoms in total. The van der Waals surface area contributed by atoms with Gasteiger partial charge in [-0.25, -0.2) is 8.78 Å². The average molecular weight is 561 g/mol. The molecule has 0 bridgehead atoms. The van der Waals surface area contributed by atoms with Crippen LogP contribution in [0.3, 0.4) is 0 Å². The van der Waals surface area contributed by atoms with Gasteiger partial charge in [0.25, 0.3) is 0 Å². The maximum absolute atomic E-state index is 14.6. The molecule has 1 spiro atoms. The zero-order chi connectivity index (χ0) is 26.3. The number of likely N-dealkylation sites (tertiary alicyclic amines) is 1. The highest BCUT2D eigenvalue weighted by atomic mass is 35.5. The van der Waals surface area contributed by atoms with Crippen molar-refractivity contribution in [3.05, 3.63) is 65.2 Å². The third-order valence-electron chi connectivity index (χ3n) is 9.79. The van der Waals surface area contributed by atoms with E-state index in [1.54, 1.807) is 7.11 Å². The molecule has 3 heterocycles. The first-order valence-corrected chi connectivity index (χ1v) is 14.2. The van der Waals surface area contributed by atoms with Crippen LogP contribution in [0.25, 0.3) is 0 Å². The Kier molecular flexibility index (Phi) is 8.23. The summed E-state index contributed by atoms with van der Waals surface area (Å²) in [4.78, 5) is 16.5. The molecule has 3 aliphatic heterocycles. The normalized spacial score (nSPS) is 31.8. The van der Waals surface area contributed by atoms with Crippen molar-refractivity contribution in [2.75, 3.05) is 33.4 Å². The summed E-state index contributed by atoms with van der Waals surface area (Å²) in [6, 6.07) is 16.3. The predicted octanol–water partition coefficient (Wildman–Crippen LogP) is 1.26. The van der Waals surface area contributed by atoms with Crippen molar-refractivity contribution in [2.45, 2.75) is 68.4 Å². The Morgan fingerprint density at radius 1 is 1.13 bits per heavy atom. The maximum atomic E-state index is 14.6. The number of quaternary nitrogens is 1. The van der Waals surface area contributed by atoms with Gasteiger partial charge in [0.15, 0.2) is 0 Å². The predicted molar refractivity (Wildman–Crippen MR) is 140 cm³/mol. The summed E-state index contributed by atoms with van der Waals surface area (Å²) < 4.78 is 41.0. The molecule has 212 valence electrons. The van der Waals surface area contributed by atoms with E-state index >= 15 is 0 Å². The molecule has 0 radical (unpaired) electrons. The van der Waals surface area contributed by atoms with Crippen LogP contribution in [0.4, 0.5) is 8.78 Å². The quantitative estimate of drug-likeness (QED) is 0.613. The summed E-state index contributed by atoms with van der Waals surface area (Å²) in [6.45, 7) is 3.04. The highest BCUT2D eigenvalue weighted by molar-refractivity contribution is 5.82. The zero-order valence-electron chi connectivity index (χ0n) is 22.6. The number of benzene rings is 2. The largest absolute Gasteiger partial charge is 1.00 e. The van der Waals surface area contributed by atoms with Crippen molar-refractivity contribution in [2.24, 2.45) is 11.8 Å². The number of halogens is 3. The lowest BCUT2D eigenvalue weighted by atomic mass is 9.68. The Bertz CT molecular complexity index is 1170. The third-order valence-corrected chi connectivity index (χ3v) is 9.79. The van der Waals surface area contributed by atoms with Gasteiger partial charge in [-0.15, -0.1) is 0 Å². The summed E-state index contributed by atoms with van der Waals surface area (Å²) in [6.07, 6.45) is 2.74. The molecule has 1 unspecified atom stereocenters. The summed E-state index contributed by atoms with van der Waals surface area (Å²) in [5.41, 5.74) is 2.99. The van der Waals surface area contributed by atoms with Crippen LogP contribution in [0.15, 0.2) is 48.5 Å². The Morgan fingerprint density at radius 2 is 1.95 bits per heavy atom. The molecule has 0 aromatic heterocycles. The number of alkyl halides is 2. The topological polar surface area (TPSA) is 55.4 Å². The van der Waals surface area contributed by atoms with Gasteiger partial charge in [0.1, 0.15) is 11.7 Å². The Labute approximate surface area is 236 Å². The Morgan fingerprint density at radius 3 is 2.72 bits per heavy atom. The van der Waals surface area contributed by atoms with E-state index in [9.17, 15) is 13.6 Å². The number of carbonyl (C=O) groups excluding carboxylic acids is 1. The fraction of sp³-hybridized carbons (Fsp3) is 0.581. The van der Waals surface area contributed by atoms with Crippen molar-refractivity contribution in [1.29, 1.82) is 0 Å². The van der Waals surface area contributed by atoms with Crippen LogP contribution in [0.5, 0.6) is 5.75 Å². The summed E-state index contributed by atoms with van der Waals surface area (Å²) in [7, 11) is 1.67. The van der Waals surface area contributed by atoms with Crippen LogP contribution in [0.1, 0.15) is 61.1 Å². The molecular formula is C31H39ClF2N2O3. The van der Waals surface area contributed by atoms with Gasteiger partial charge in [0, 0.05) is 31.0 Å². The molecule has 8 heteroatoms. The van der Waals surface area contributed by atoms with E-state index in [2.05, 4.69) is 23.5 Å². The second kappa shape index (κ2) is 11.3. The monoisotopic (exact) mass is 560 g/mol. The van der Waals surface area contributed by atoms with Crippen LogP contribution in [-0.2, 0) is 21.6 Å². The second-order valence-corrected chi connectivity index (χ2v) is 11.9. The standard InChI is InChI=1S/C31H38F2N2O3.ClH/c1-37-28-11-5-10-25-24(28)18-38-20-30(25)19-34-17-26(30)29(36)35-14-12-22(21-7-3-2-4-8-21)15-27(35)23-9-6-13-31(32,33)16-23;/h2-5,7-8,10-11,22-23,26-27,34H,6,9,12-20H2,1H3;1H/t22-,23?,26+,27+,30-;/m1./s1. The van der Waals surface area contributed by atoms with Crippen LogP contribution >= 0.6 is 0 Å². The summed E-state index contributed by atoms with van der Waals surface area (Å²) in [5.74, 6) is -1.88. The van der Waals surface area contributed by atoms with Gasteiger partial charge < -0.3 is 32.1 Å². The minimum Gasteiger partial charge on any atom is -1.00 e. The SMILES string of the molecule is COc1cccc2c1COC[C@]21C[NH2+]C[C@H]1C(=O)N1CC[C@@H](c2ccccc2)C[C@H]1C1CCCC(F)(F)C1.[Cl-].